The first-order valence-electron chi connectivity index (χ1n) is 16.1. The number of rotatable bonds is 28. The molecule has 0 spiro atoms. The largest absolute Gasteiger partial charge is 0.365 e. The van der Waals surface area contributed by atoms with E-state index >= 15 is 0 Å². The summed E-state index contributed by atoms with van der Waals surface area (Å²) in [6, 6.07) is 4.32. The highest BCUT2D eigenvalue weighted by molar-refractivity contribution is 5.03. The van der Waals surface area contributed by atoms with Crippen molar-refractivity contribution in [3.63, 3.8) is 0 Å². The summed E-state index contributed by atoms with van der Waals surface area (Å²) in [6.07, 6.45) is 42.8. The fraction of sp³-hybridized carbons (Fsp3) is 0.879. The Kier molecular flexibility index (Phi) is 24.8. The van der Waals surface area contributed by atoms with Crippen molar-refractivity contribution in [2.24, 2.45) is 0 Å². The summed E-state index contributed by atoms with van der Waals surface area (Å²) in [7, 11) is 0. The van der Waals surface area contributed by atoms with Crippen LogP contribution in [0.2, 0.25) is 0 Å². The summed E-state index contributed by atoms with van der Waals surface area (Å²) in [5.74, 6) is 0. The Morgan fingerprint density at radius 2 is 0.706 bits per heavy atom. The van der Waals surface area contributed by atoms with Crippen molar-refractivity contribution in [1.82, 2.24) is 4.98 Å². The smallest absolute Gasteiger partial charge is 0.0147 e. The molecule has 0 aromatic carbocycles. The zero-order chi connectivity index (χ0) is 24.2. The van der Waals surface area contributed by atoms with Crippen LogP contribution in [0.1, 0.15) is 186 Å². The van der Waals surface area contributed by atoms with E-state index in [1.54, 1.807) is 0 Å². The van der Waals surface area contributed by atoms with Crippen LogP contribution in [0.15, 0.2) is 18.3 Å². The molecule has 1 nitrogen and oxygen atoms in total. The topological polar surface area (TPSA) is 15.8 Å². The van der Waals surface area contributed by atoms with Crippen molar-refractivity contribution in [2.75, 3.05) is 0 Å². The number of hydrogen-bond acceptors (Lipinski definition) is 0. The molecule has 0 radical (unpaired) electrons. The van der Waals surface area contributed by atoms with Gasteiger partial charge in [0.25, 0.3) is 0 Å². The Morgan fingerprint density at radius 1 is 0.412 bits per heavy atom. The molecule has 0 atom stereocenters. The normalized spacial score (nSPS) is 11.4. The maximum atomic E-state index is 3.31. The molecule has 0 fully saturated rings. The van der Waals surface area contributed by atoms with E-state index in [0.717, 1.165) is 0 Å². The first-order valence-corrected chi connectivity index (χ1v) is 16.1. The molecule has 0 aliphatic heterocycles. The van der Waals surface area contributed by atoms with Crippen LogP contribution in [0, 0.1) is 0 Å². The lowest BCUT2D eigenvalue weighted by Gasteiger charge is -2.04. The lowest BCUT2D eigenvalue weighted by molar-refractivity contribution is 0.514. The van der Waals surface area contributed by atoms with Crippen LogP contribution >= 0.6 is 0 Å². The standard InChI is InChI=1S/C33H63N/c1-2-3-4-5-6-7-8-9-10-11-12-13-14-15-16-17-18-19-20-21-22-23-24-25-26-27-28-30-33-31-29-32-34-33/h29,31-32,34H,2-28,30H2,1H3. The van der Waals surface area contributed by atoms with Crippen molar-refractivity contribution < 1.29 is 0 Å². The monoisotopic (exact) mass is 473 g/mol. The third kappa shape index (κ3) is 23.0. The van der Waals surface area contributed by atoms with Crippen LogP contribution in [0.25, 0.3) is 0 Å². The van der Waals surface area contributed by atoms with Crippen LogP contribution < -0.4 is 0 Å². The molecule has 0 saturated heterocycles. The molecule has 1 aromatic heterocycles. The second kappa shape index (κ2) is 26.9. The lowest BCUT2D eigenvalue weighted by atomic mass is 10.0. The molecular formula is C33H63N. The summed E-state index contributed by atoms with van der Waals surface area (Å²) >= 11 is 0. The summed E-state index contributed by atoms with van der Waals surface area (Å²) in [4.78, 5) is 3.31. The van der Waals surface area contributed by atoms with Crippen molar-refractivity contribution in [1.29, 1.82) is 0 Å². The third-order valence-corrected chi connectivity index (χ3v) is 7.71. The van der Waals surface area contributed by atoms with Crippen molar-refractivity contribution in [3.8, 4) is 0 Å². The molecule has 0 saturated carbocycles. The highest BCUT2D eigenvalue weighted by Gasteiger charge is 1.97. The minimum Gasteiger partial charge on any atom is -0.365 e. The van der Waals surface area contributed by atoms with E-state index in [1.807, 2.05) is 6.20 Å². The first kappa shape index (κ1) is 31.3. The van der Waals surface area contributed by atoms with Gasteiger partial charge in [0.2, 0.25) is 0 Å². The Morgan fingerprint density at radius 3 is 0.971 bits per heavy atom. The fourth-order valence-corrected chi connectivity index (χ4v) is 5.33. The molecular weight excluding hydrogens is 410 g/mol. The molecule has 1 heteroatoms. The van der Waals surface area contributed by atoms with E-state index in [0.29, 0.717) is 0 Å². The van der Waals surface area contributed by atoms with E-state index in [-0.39, 0.29) is 0 Å². The van der Waals surface area contributed by atoms with Gasteiger partial charge in [-0.25, -0.2) is 0 Å². The number of aryl methyl sites for hydroxylation is 1. The van der Waals surface area contributed by atoms with Gasteiger partial charge < -0.3 is 4.98 Å². The zero-order valence-corrected chi connectivity index (χ0v) is 23.5. The van der Waals surface area contributed by atoms with Crippen LogP contribution in [-0.2, 0) is 6.42 Å². The minimum atomic E-state index is 1.23. The first-order chi connectivity index (χ1) is 16.9. The average Bonchev–Trinajstić information content (AvgIpc) is 3.37. The molecule has 1 N–H and O–H groups in total. The number of H-pyrrole nitrogens is 1. The molecule has 0 aliphatic carbocycles. The van der Waals surface area contributed by atoms with Gasteiger partial charge in [0.15, 0.2) is 0 Å². The summed E-state index contributed by atoms with van der Waals surface area (Å²) < 4.78 is 0. The van der Waals surface area contributed by atoms with Crippen molar-refractivity contribution in [2.45, 2.75) is 187 Å². The molecule has 1 heterocycles. The van der Waals surface area contributed by atoms with E-state index in [9.17, 15) is 0 Å². The molecule has 0 amide bonds. The molecule has 0 aliphatic rings. The number of aromatic nitrogens is 1. The Bertz CT molecular complexity index is 463. The van der Waals surface area contributed by atoms with Gasteiger partial charge in [0.1, 0.15) is 0 Å². The number of hydrogen-bond donors (Lipinski definition) is 1. The minimum absolute atomic E-state index is 1.23. The van der Waals surface area contributed by atoms with E-state index in [2.05, 4.69) is 24.0 Å². The third-order valence-electron chi connectivity index (χ3n) is 7.71. The molecule has 34 heavy (non-hydrogen) atoms. The highest BCUT2D eigenvalue weighted by Crippen LogP contribution is 2.16. The van der Waals surface area contributed by atoms with Gasteiger partial charge in [-0.2, -0.15) is 0 Å². The highest BCUT2D eigenvalue weighted by atomic mass is 14.7. The van der Waals surface area contributed by atoms with Crippen LogP contribution in [-0.4, -0.2) is 4.98 Å². The van der Waals surface area contributed by atoms with Crippen molar-refractivity contribution >= 4 is 0 Å². The molecule has 1 aromatic rings. The SMILES string of the molecule is CCCCCCCCCCCCCCCCCCCCCCCCCCCCCc1ccc[nH]1. The second-order valence-electron chi connectivity index (χ2n) is 11.1. The molecule has 0 unspecified atom stereocenters. The van der Waals surface area contributed by atoms with Gasteiger partial charge in [0, 0.05) is 11.9 Å². The van der Waals surface area contributed by atoms with E-state index < -0.39 is 0 Å². The van der Waals surface area contributed by atoms with Crippen LogP contribution in [0.3, 0.4) is 0 Å². The lowest BCUT2D eigenvalue weighted by Crippen LogP contribution is -1.86. The van der Waals surface area contributed by atoms with Gasteiger partial charge in [-0.1, -0.05) is 174 Å². The maximum Gasteiger partial charge on any atom is 0.0147 e. The average molecular weight is 474 g/mol. The summed E-state index contributed by atoms with van der Waals surface area (Å²) in [5.41, 5.74) is 1.40. The Hall–Kier alpha value is -0.720. The van der Waals surface area contributed by atoms with Crippen LogP contribution in [0.4, 0.5) is 0 Å². The molecule has 0 bridgehead atoms. The fourth-order valence-electron chi connectivity index (χ4n) is 5.33. The van der Waals surface area contributed by atoms with Gasteiger partial charge in [0.05, 0.1) is 0 Å². The number of nitrogens with one attached hydrogen (secondary N) is 1. The van der Waals surface area contributed by atoms with Gasteiger partial charge >= 0.3 is 0 Å². The Balaban J connectivity index is 1.61. The quantitative estimate of drug-likeness (QED) is 0.116. The molecule has 200 valence electrons. The zero-order valence-electron chi connectivity index (χ0n) is 23.5. The van der Waals surface area contributed by atoms with Crippen LogP contribution in [0.5, 0.6) is 0 Å². The second-order valence-corrected chi connectivity index (χ2v) is 11.1. The van der Waals surface area contributed by atoms with Gasteiger partial charge in [-0.3, -0.25) is 0 Å². The van der Waals surface area contributed by atoms with Crippen molar-refractivity contribution in [3.05, 3.63) is 24.0 Å². The van der Waals surface area contributed by atoms with Gasteiger partial charge in [-0.15, -0.1) is 0 Å². The van der Waals surface area contributed by atoms with E-state index in [1.165, 1.54) is 185 Å². The predicted octanol–water partition coefficient (Wildman–Crippen LogP) is 12.1. The van der Waals surface area contributed by atoms with E-state index in [4.69, 9.17) is 0 Å². The summed E-state index contributed by atoms with van der Waals surface area (Å²) in [5, 5.41) is 0. The van der Waals surface area contributed by atoms with Gasteiger partial charge in [-0.05, 0) is 25.0 Å². The number of unbranched alkanes of at least 4 members (excludes halogenated alkanes) is 26. The Labute approximate surface area is 215 Å². The summed E-state index contributed by atoms with van der Waals surface area (Å²) in [6.45, 7) is 2.31. The maximum absolute atomic E-state index is 3.31. The molecule has 1 rings (SSSR count). The number of aromatic amines is 1. The predicted molar refractivity (Wildman–Crippen MR) is 155 cm³/mol.